The average Bonchev–Trinajstić information content (AvgIpc) is 2.82. The molecule has 1 heterocycles. The second kappa shape index (κ2) is 10.4. The summed E-state index contributed by atoms with van der Waals surface area (Å²) in [6.45, 7) is 5.35. The summed E-state index contributed by atoms with van der Waals surface area (Å²) >= 11 is 5.91. The summed E-state index contributed by atoms with van der Waals surface area (Å²) in [6, 6.07) is 5.53. The third kappa shape index (κ3) is 6.47. The van der Waals surface area contributed by atoms with Gasteiger partial charge in [-0.1, -0.05) is 44.7 Å². The maximum atomic E-state index is 13.3. The summed E-state index contributed by atoms with van der Waals surface area (Å²) in [6.07, 6.45) is 6.19. The van der Waals surface area contributed by atoms with Gasteiger partial charge in [0.05, 0.1) is 4.90 Å². The average molecular weight is 415 g/mol. The van der Waals surface area contributed by atoms with Crippen molar-refractivity contribution in [2.24, 2.45) is 5.92 Å². The summed E-state index contributed by atoms with van der Waals surface area (Å²) in [5.74, 6) is 0.457. The van der Waals surface area contributed by atoms with E-state index in [2.05, 4.69) is 19.2 Å². The molecule has 1 aromatic rings. The third-order valence-electron chi connectivity index (χ3n) is 4.93. The monoisotopic (exact) mass is 414 g/mol. The Morgan fingerprint density at radius 1 is 1.15 bits per heavy atom. The molecule has 1 saturated heterocycles. The summed E-state index contributed by atoms with van der Waals surface area (Å²) in [7, 11) is -3.76. The Balaban J connectivity index is 2.19. The van der Waals surface area contributed by atoms with E-state index in [9.17, 15) is 13.2 Å². The highest BCUT2D eigenvalue weighted by Crippen LogP contribution is 2.24. The van der Waals surface area contributed by atoms with Gasteiger partial charge in [0.2, 0.25) is 15.9 Å². The molecule has 0 unspecified atom stereocenters. The Bertz CT molecular complexity index is 704. The van der Waals surface area contributed by atoms with Gasteiger partial charge in [0.25, 0.3) is 0 Å². The highest BCUT2D eigenvalue weighted by molar-refractivity contribution is 7.89. The fourth-order valence-electron chi connectivity index (χ4n) is 3.38. The fourth-order valence-corrected chi connectivity index (χ4v) is 5.16. The van der Waals surface area contributed by atoms with Crippen molar-refractivity contribution in [2.75, 3.05) is 13.1 Å². The Morgan fingerprint density at radius 3 is 2.52 bits per heavy atom. The highest BCUT2D eigenvalue weighted by Gasteiger charge is 2.35. The summed E-state index contributed by atoms with van der Waals surface area (Å²) in [5.41, 5.74) is 0. The van der Waals surface area contributed by atoms with Crippen LogP contribution in [0.1, 0.15) is 58.8 Å². The standard InChI is InChI=1S/C20H31ClN2O3S/c1-16(2)8-4-3-7-15-23(19-9-5-6-14-22-20(19)24)27(25,26)18-12-10-17(21)11-13-18/h10-13,16,19H,3-9,14-15H2,1-2H3,(H,22,24)/t19-/m1/s1. The van der Waals surface area contributed by atoms with Gasteiger partial charge in [-0.3, -0.25) is 4.79 Å². The number of unbranched alkanes of at least 4 members (excludes halogenated alkanes) is 2. The quantitative estimate of drug-likeness (QED) is 0.615. The van der Waals surface area contributed by atoms with Crippen molar-refractivity contribution in [1.29, 1.82) is 0 Å². The topological polar surface area (TPSA) is 66.5 Å². The summed E-state index contributed by atoms with van der Waals surface area (Å²) in [4.78, 5) is 12.7. The Hall–Kier alpha value is -1.11. The van der Waals surface area contributed by atoms with Gasteiger partial charge >= 0.3 is 0 Å². The molecule has 7 heteroatoms. The zero-order valence-electron chi connectivity index (χ0n) is 16.3. The summed E-state index contributed by atoms with van der Waals surface area (Å²) < 4.78 is 28.0. The number of halogens is 1. The highest BCUT2D eigenvalue weighted by atomic mass is 35.5. The molecular formula is C20H31ClN2O3S. The van der Waals surface area contributed by atoms with Gasteiger partial charge in [0, 0.05) is 18.1 Å². The van der Waals surface area contributed by atoms with Crippen LogP contribution in [0.3, 0.4) is 0 Å². The van der Waals surface area contributed by atoms with Crippen molar-refractivity contribution in [3.05, 3.63) is 29.3 Å². The van der Waals surface area contributed by atoms with E-state index < -0.39 is 16.1 Å². The number of nitrogens with zero attached hydrogens (tertiary/aromatic N) is 1. The van der Waals surface area contributed by atoms with Crippen LogP contribution >= 0.6 is 11.6 Å². The van der Waals surface area contributed by atoms with E-state index in [1.54, 1.807) is 12.1 Å². The fraction of sp³-hybridized carbons (Fsp3) is 0.650. The molecule has 2 rings (SSSR count). The first-order valence-corrected chi connectivity index (χ1v) is 11.7. The van der Waals surface area contributed by atoms with E-state index in [-0.39, 0.29) is 10.8 Å². The molecule has 1 aromatic carbocycles. The predicted molar refractivity (Wildman–Crippen MR) is 109 cm³/mol. The van der Waals surface area contributed by atoms with E-state index in [0.29, 0.717) is 30.5 Å². The first-order valence-electron chi connectivity index (χ1n) is 9.87. The lowest BCUT2D eigenvalue weighted by Crippen LogP contribution is -2.49. The van der Waals surface area contributed by atoms with Crippen molar-refractivity contribution >= 4 is 27.5 Å². The Morgan fingerprint density at radius 2 is 1.85 bits per heavy atom. The lowest BCUT2D eigenvalue weighted by Gasteiger charge is -2.29. The Kier molecular flexibility index (Phi) is 8.58. The molecule has 1 amide bonds. The second-order valence-electron chi connectivity index (χ2n) is 7.62. The molecule has 0 saturated carbocycles. The smallest absolute Gasteiger partial charge is 0.243 e. The number of rotatable bonds is 9. The van der Waals surface area contributed by atoms with Crippen molar-refractivity contribution in [1.82, 2.24) is 9.62 Å². The van der Waals surface area contributed by atoms with Crippen molar-refractivity contribution < 1.29 is 13.2 Å². The predicted octanol–water partition coefficient (Wildman–Crippen LogP) is 4.22. The SMILES string of the molecule is CC(C)CCCCCN([C@@H]1CCCCNC1=O)S(=O)(=O)c1ccc(Cl)cc1. The maximum Gasteiger partial charge on any atom is 0.243 e. The molecule has 1 N–H and O–H groups in total. The zero-order chi connectivity index (χ0) is 19.9. The van der Waals surface area contributed by atoms with Crippen LogP contribution in [0.15, 0.2) is 29.2 Å². The van der Waals surface area contributed by atoms with Gasteiger partial charge in [0.15, 0.2) is 0 Å². The van der Waals surface area contributed by atoms with Gasteiger partial charge in [-0.05, 0) is 55.9 Å². The number of carbonyl (C=O) groups is 1. The lowest BCUT2D eigenvalue weighted by molar-refractivity contribution is -0.124. The molecule has 152 valence electrons. The molecule has 1 aliphatic rings. The lowest BCUT2D eigenvalue weighted by atomic mass is 10.1. The molecule has 0 radical (unpaired) electrons. The van der Waals surface area contributed by atoms with E-state index >= 15 is 0 Å². The minimum Gasteiger partial charge on any atom is -0.355 e. The minimum absolute atomic E-state index is 0.186. The number of sulfonamides is 1. The molecule has 1 atom stereocenters. The number of hydrogen-bond donors (Lipinski definition) is 1. The van der Waals surface area contributed by atoms with Crippen LogP contribution in [-0.2, 0) is 14.8 Å². The second-order valence-corrected chi connectivity index (χ2v) is 9.94. The van der Waals surface area contributed by atoms with Crippen LogP contribution in [-0.4, -0.2) is 37.8 Å². The first kappa shape index (κ1) is 22.2. The molecule has 0 bridgehead atoms. The van der Waals surface area contributed by atoms with Crippen molar-refractivity contribution in [3.63, 3.8) is 0 Å². The minimum atomic E-state index is -3.76. The first-order chi connectivity index (χ1) is 12.8. The van der Waals surface area contributed by atoms with E-state index in [0.717, 1.165) is 38.5 Å². The van der Waals surface area contributed by atoms with Gasteiger partial charge in [-0.25, -0.2) is 8.42 Å². The van der Waals surface area contributed by atoms with Crippen LogP contribution in [0, 0.1) is 5.92 Å². The molecular weight excluding hydrogens is 384 g/mol. The summed E-state index contributed by atoms with van der Waals surface area (Å²) in [5, 5.41) is 3.35. The molecule has 1 fully saturated rings. The van der Waals surface area contributed by atoms with Gasteiger partial charge in [-0.15, -0.1) is 0 Å². The van der Waals surface area contributed by atoms with Gasteiger partial charge < -0.3 is 5.32 Å². The zero-order valence-corrected chi connectivity index (χ0v) is 17.9. The van der Waals surface area contributed by atoms with Crippen molar-refractivity contribution in [3.8, 4) is 0 Å². The van der Waals surface area contributed by atoms with Gasteiger partial charge in [-0.2, -0.15) is 4.31 Å². The van der Waals surface area contributed by atoms with Gasteiger partial charge in [0.1, 0.15) is 6.04 Å². The van der Waals surface area contributed by atoms with E-state index in [1.807, 2.05) is 0 Å². The third-order valence-corrected chi connectivity index (χ3v) is 7.11. The normalized spacial score (nSPS) is 18.6. The molecule has 0 aromatic heterocycles. The Labute approximate surface area is 168 Å². The van der Waals surface area contributed by atoms with Crippen molar-refractivity contribution in [2.45, 2.75) is 69.7 Å². The molecule has 0 aliphatic carbocycles. The molecule has 27 heavy (non-hydrogen) atoms. The van der Waals surface area contributed by atoms with Crippen LogP contribution in [0.4, 0.5) is 0 Å². The molecule has 5 nitrogen and oxygen atoms in total. The number of carbonyl (C=O) groups excluding carboxylic acids is 1. The number of hydrogen-bond acceptors (Lipinski definition) is 3. The van der Waals surface area contributed by atoms with E-state index in [1.165, 1.54) is 16.4 Å². The number of nitrogens with one attached hydrogen (secondary N) is 1. The van der Waals surface area contributed by atoms with Crippen LogP contribution in [0.25, 0.3) is 0 Å². The van der Waals surface area contributed by atoms with Crippen LogP contribution in [0.5, 0.6) is 0 Å². The molecule has 0 spiro atoms. The van der Waals surface area contributed by atoms with E-state index in [4.69, 9.17) is 11.6 Å². The number of amides is 1. The van der Waals surface area contributed by atoms with Crippen LogP contribution in [0.2, 0.25) is 5.02 Å². The van der Waals surface area contributed by atoms with Crippen LogP contribution < -0.4 is 5.32 Å². The molecule has 1 aliphatic heterocycles. The number of benzene rings is 1. The largest absolute Gasteiger partial charge is 0.355 e. The maximum absolute atomic E-state index is 13.3.